The van der Waals surface area contributed by atoms with Gasteiger partial charge in [0.05, 0.1) is 4.47 Å². The summed E-state index contributed by atoms with van der Waals surface area (Å²) in [6.45, 7) is 0.780. The molecule has 0 saturated carbocycles. The Kier molecular flexibility index (Phi) is 6.10. The van der Waals surface area contributed by atoms with Crippen LogP contribution in [-0.2, 0) is 14.3 Å². The number of hydrogen-bond acceptors (Lipinski definition) is 5. The van der Waals surface area contributed by atoms with E-state index >= 15 is 0 Å². The maximum absolute atomic E-state index is 12.9. The Balaban J connectivity index is 2.47. The first kappa shape index (κ1) is 16.9. The van der Waals surface area contributed by atoms with Crippen molar-refractivity contribution in [2.45, 2.75) is 13.0 Å². The molecular weight excluding hydrogens is 351 g/mol. The molecule has 1 aromatic rings. The lowest BCUT2D eigenvalue weighted by Crippen LogP contribution is -2.42. The van der Waals surface area contributed by atoms with Gasteiger partial charge in [0.1, 0.15) is 11.6 Å². The number of benzene rings is 1. The van der Waals surface area contributed by atoms with Gasteiger partial charge in [0.25, 0.3) is 5.91 Å². The van der Waals surface area contributed by atoms with Crippen molar-refractivity contribution >= 4 is 33.8 Å². The van der Waals surface area contributed by atoms with Gasteiger partial charge in [-0.2, -0.15) is 0 Å². The van der Waals surface area contributed by atoms with E-state index in [1.54, 1.807) is 5.32 Å². The average Bonchev–Trinajstić information content (AvgIpc) is 2.36. The van der Waals surface area contributed by atoms with Crippen LogP contribution in [0, 0.1) is 5.82 Å². The van der Waals surface area contributed by atoms with E-state index in [0.29, 0.717) is 4.47 Å². The second kappa shape index (κ2) is 7.58. The van der Waals surface area contributed by atoms with Crippen LogP contribution in [0.4, 0.5) is 9.18 Å². The van der Waals surface area contributed by atoms with E-state index in [0.717, 1.165) is 6.07 Å². The van der Waals surface area contributed by atoms with E-state index in [1.165, 1.54) is 19.1 Å². The summed E-state index contributed by atoms with van der Waals surface area (Å²) < 4.78 is 23.0. The molecule has 1 rings (SSSR count). The molecule has 0 aliphatic carbocycles. The SMILES string of the molecule is C[C@@H](OC(=O)COc1ccc(F)cc1Br)C(=O)NC(N)=O. The second-order valence-electron chi connectivity index (χ2n) is 3.85. The molecule has 0 saturated heterocycles. The summed E-state index contributed by atoms with van der Waals surface area (Å²) in [6, 6.07) is 2.61. The third kappa shape index (κ3) is 5.78. The summed E-state index contributed by atoms with van der Waals surface area (Å²) >= 11 is 3.07. The van der Waals surface area contributed by atoms with Crippen LogP contribution in [0.2, 0.25) is 0 Å². The fraction of sp³-hybridized carbons (Fsp3) is 0.250. The third-order valence-corrected chi connectivity index (χ3v) is 2.78. The maximum atomic E-state index is 12.9. The summed E-state index contributed by atoms with van der Waals surface area (Å²) in [7, 11) is 0. The van der Waals surface area contributed by atoms with Crippen molar-refractivity contribution in [2.24, 2.45) is 5.73 Å². The number of imide groups is 1. The van der Waals surface area contributed by atoms with Crippen LogP contribution < -0.4 is 15.8 Å². The minimum Gasteiger partial charge on any atom is -0.481 e. The Morgan fingerprint density at radius 3 is 2.67 bits per heavy atom. The Morgan fingerprint density at radius 1 is 1.43 bits per heavy atom. The lowest BCUT2D eigenvalue weighted by molar-refractivity contribution is -0.156. The lowest BCUT2D eigenvalue weighted by atomic mass is 10.3. The molecule has 0 aromatic heterocycles. The molecule has 7 nitrogen and oxygen atoms in total. The number of ether oxygens (including phenoxy) is 2. The highest BCUT2D eigenvalue weighted by Gasteiger charge is 2.19. The normalized spacial score (nSPS) is 11.4. The van der Waals surface area contributed by atoms with Gasteiger partial charge in [0.15, 0.2) is 12.7 Å². The van der Waals surface area contributed by atoms with Crippen molar-refractivity contribution in [3.8, 4) is 5.75 Å². The molecule has 3 N–H and O–H groups in total. The van der Waals surface area contributed by atoms with Gasteiger partial charge in [-0.1, -0.05) is 0 Å². The molecule has 1 aromatic carbocycles. The highest BCUT2D eigenvalue weighted by atomic mass is 79.9. The summed E-state index contributed by atoms with van der Waals surface area (Å²) in [4.78, 5) is 33.2. The maximum Gasteiger partial charge on any atom is 0.344 e. The third-order valence-electron chi connectivity index (χ3n) is 2.16. The highest BCUT2D eigenvalue weighted by molar-refractivity contribution is 9.10. The molecule has 0 aliphatic rings. The Bertz CT molecular complexity index is 567. The molecule has 1 atom stereocenters. The number of amides is 3. The Labute approximate surface area is 127 Å². The van der Waals surface area contributed by atoms with Crippen molar-refractivity contribution in [1.82, 2.24) is 5.32 Å². The first-order chi connectivity index (χ1) is 9.79. The molecular formula is C12H12BrFN2O5. The predicted octanol–water partition coefficient (Wildman–Crippen LogP) is 1.09. The Hall–Kier alpha value is -2.16. The monoisotopic (exact) mass is 362 g/mol. The molecule has 0 unspecified atom stereocenters. The molecule has 21 heavy (non-hydrogen) atoms. The number of carbonyl (C=O) groups excluding carboxylic acids is 3. The zero-order valence-corrected chi connectivity index (χ0v) is 12.5. The van der Waals surface area contributed by atoms with E-state index in [4.69, 9.17) is 15.2 Å². The highest BCUT2D eigenvalue weighted by Crippen LogP contribution is 2.25. The minimum absolute atomic E-state index is 0.239. The Morgan fingerprint density at radius 2 is 2.10 bits per heavy atom. The van der Waals surface area contributed by atoms with E-state index in [1.807, 2.05) is 0 Å². The first-order valence-electron chi connectivity index (χ1n) is 5.67. The molecule has 114 valence electrons. The topological polar surface area (TPSA) is 108 Å². The predicted molar refractivity (Wildman–Crippen MR) is 72.9 cm³/mol. The number of esters is 1. The fourth-order valence-electron chi connectivity index (χ4n) is 1.24. The second-order valence-corrected chi connectivity index (χ2v) is 4.70. The molecule has 0 aliphatic heterocycles. The molecule has 0 heterocycles. The van der Waals surface area contributed by atoms with Crippen LogP contribution in [0.5, 0.6) is 5.75 Å². The van der Waals surface area contributed by atoms with Gasteiger partial charge in [0.2, 0.25) is 0 Å². The van der Waals surface area contributed by atoms with Crippen LogP contribution >= 0.6 is 15.9 Å². The molecule has 0 bridgehead atoms. The summed E-state index contributed by atoms with van der Waals surface area (Å²) in [6.07, 6.45) is -1.20. The molecule has 9 heteroatoms. The summed E-state index contributed by atoms with van der Waals surface area (Å²) in [5.74, 6) is -1.91. The summed E-state index contributed by atoms with van der Waals surface area (Å²) in [5.41, 5.74) is 4.75. The molecule has 0 fully saturated rings. The number of primary amides is 1. The zero-order valence-electron chi connectivity index (χ0n) is 10.9. The number of rotatable bonds is 5. The van der Waals surface area contributed by atoms with Crippen LogP contribution in [0.25, 0.3) is 0 Å². The number of nitrogens with one attached hydrogen (secondary N) is 1. The van der Waals surface area contributed by atoms with Crippen LogP contribution in [-0.4, -0.2) is 30.6 Å². The van der Waals surface area contributed by atoms with Gasteiger partial charge >= 0.3 is 12.0 Å². The minimum atomic E-state index is -1.20. The van der Waals surface area contributed by atoms with Crippen molar-refractivity contribution < 1.29 is 28.2 Å². The lowest BCUT2D eigenvalue weighted by Gasteiger charge is -2.13. The molecule has 0 spiro atoms. The van der Waals surface area contributed by atoms with Gasteiger partial charge < -0.3 is 15.2 Å². The molecule has 0 radical (unpaired) electrons. The average molecular weight is 363 g/mol. The number of urea groups is 1. The van der Waals surface area contributed by atoms with Gasteiger partial charge in [-0.3, -0.25) is 10.1 Å². The van der Waals surface area contributed by atoms with Gasteiger partial charge in [-0.25, -0.2) is 14.0 Å². The number of nitrogens with two attached hydrogens (primary N) is 1. The standard InChI is InChI=1S/C12H12BrFN2O5/c1-6(11(18)16-12(15)19)21-10(17)5-20-9-3-2-7(14)4-8(9)13/h2-4,6H,5H2,1H3,(H3,15,16,18,19)/t6-/m1/s1. The van der Waals surface area contributed by atoms with Crippen molar-refractivity contribution in [3.63, 3.8) is 0 Å². The van der Waals surface area contributed by atoms with Gasteiger partial charge in [0, 0.05) is 0 Å². The van der Waals surface area contributed by atoms with Crippen LogP contribution in [0.3, 0.4) is 0 Å². The van der Waals surface area contributed by atoms with E-state index in [9.17, 15) is 18.8 Å². The quantitative estimate of drug-likeness (QED) is 0.762. The van der Waals surface area contributed by atoms with Crippen LogP contribution in [0.15, 0.2) is 22.7 Å². The van der Waals surface area contributed by atoms with E-state index < -0.39 is 36.4 Å². The zero-order chi connectivity index (χ0) is 16.0. The number of halogens is 2. The van der Waals surface area contributed by atoms with Gasteiger partial charge in [-0.15, -0.1) is 0 Å². The van der Waals surface area contributed by atoms with Crippen molar-refractivity contribution in [2.75, 3.05) is 6.61 Å². The first-order valence-corrected chi connectivity index (χ1v) is 6.46. The van der Waals surface area contributed by atoms with Gasteiger partial charge in [-0.05, 0) is 41.1 Å². The smallest absolute Gasteiger partial charge is 0.344 e. The van der Waals surface area contributed by atoms with E-state index in [-0.39, 0.29) is 5.75 Å². The van der Waals surface area contributed by atoms with Crippen LogP contribution in [0.1, 0.15) is 6.92 Å². The van der Waals surface area contributed by atoms with Crippen molar-refractivity contribution in [3.05, 3.63) is 28.5 Å². The summed E-state index contributed by atoms with van der Waals surface area (Å²) in [5, 5.41) is 1.77. The molecule has 3 amide bonds. The number of carbonyl (C=O) groups is 3. The van der Waals surface area contributed by atoms with Crippen molar-refractivity contribution in [1.29, 1.82) is 0 Å². The largest absolute Gasteiger partial charge is 0.481 e. The number of hydrogen-bond donors (Lipinski definition) is 2. The fourth-order valence-corrected chi connectivity index (χ4v) is 1.70. The van der Waals surface area contributed by atoms with E-state index in [2.05, 4.69) is 15.9 Å².